The minimum absolute atomic E-state index is 0.00106. The predicted octanol–water partition coefficient (Wildman–Crippen LogP) is 3.76. The van der Waals surface area contributed by atoms with Crippen LogP contribution in [0.5, 0.6) is 0 Å². The van der Waals surface area contributed by atoms with Gasteiger partial charge in [0.2, 0.25) is 5.12 Å². The van der Waals surface area contributed by atoms with Crippen LogP contribution in [0.15, 0.2) is 30.3 Å². The zero-order valence-corrected chi connectivity index (χ0v) is 10.7. The minimum Gasteiger partial charge on any atom is -0.286 e. The molecule has 0 fully saturated rings. The lowest BCUT2D eigenvalue weighted by molar-refractivity contribution is -0.110. The van der Waals surface area contributed by atoms with Crippen LogP contribution in [0, 0.1) is 0 Å². The summed E-state index contributed by atoms with van der Waals surface area (Å²) in [7, 11) is 0. The molecular formula is C12H16OS2. The summed E-state index contributed by atoms with van der Waals surface area (Å²) in [5.74, 6) is 1.82. The Bertz CT molecular complexity index is 298. The maximum Gasteiger partial charge on any atom is 0.206 e. The van der Waals surface area contributed by atoms with E-state index in [1.807, 2.05) is 37.3 Å². The molecule has 0 aromatic heterocycles. The Balaban J connectivity index is 2.78. The summed E-state index contributed by atoms with van der Waals surface area (Å²) < 4.78 is 0. The van der Waals surface area contributed by atoms with Crippen molar-refractivity contribution in [2.45, 2.75) is 19.1 Å². The van der Waals surface area contributed by atoms with Crippen molar-refractivity contribution in [3.05, 3.63) is 35.9 Å². The Morgan fingerprint density at radius 3 is 2.40 bits per heavy atom. The molecule has 0 heterocycles. The van der Waals surface area contributed by atoms with Gasteiger partial charge in [0.1, 0.15) is 0 Å². The van der Waals surface area contributed by atoms with E-state index in [1.165, 1.54) is 11.8 Å². The third-order valence-electron chi connectivity index (χ3n) is 1.94. The minimum atomic E-state index is 0.00106. The van der Waals surface area contributed by atoms with Crippen LogP contribution in [0.2, 0.25) is 0 Å². The van der Waals surface area contributed by atoms with E-state index in [4.69, 9.17) is 0 Å². The molecule has 0 spiro atoms. The molecule has 82 valence electrons. The van der Waals surface area contributed by atoms with Gasteiger partial charge in [0.15, 0.2) is 0 Å². The third kappa shape index (κ3) is 3.92. The Labute approximate surface area is 100 Å². The van der Waals surface area contributed by atoms with Crippen molar-refractivity contribution in [2.24, 2.45) is 0 Å². The summed E-state index contributed by atoms with van der Waals surface area (Å²) in [5.41, 5.74) is 1.12. The van der Waals surface area contributed by atoms with E-state index in [2.05, 4.69) is 6.92 Å². The van der Waals surface area contributed by atoms with Crippen LogP contribution < -0.4 is 0 Å². The van der Waals surface area contributed by atoms with Crippen LogP contribution in [0.25, 0.3) is 0 Å². The van der Waals surface area contributed by atoms with Gasteiger partial charge in [0.05, 0.1) is 5.25 Å². The molecule has 0 saturated heterocycles. The van der Waals surface area contributed by atoms with Crippen molar-refractivity contribution in [3.63, 3.8) is 0 Å². The van der Waals surface area contributed by atoms with Gasteiger partial charge in [-0.2, -0.15) is 0 Å². The Morgan fingerprint density at radius 1 is 1.20 bits per heavy atom. The number of benzene rings is 1. The van der Waals surface area contributed by atoms with Gasteiger partial charge in [-0.1, -0.05) is 55.9 Å². The SMILES string of the molecule is CCSC(=O)[C@H](SCC)c1ccccc1. The van der Waals surface area contributed by atoms with Crippen LogP contribution in [-0.4, -0.2) is 16.6 Å². The number of thioether (sulfide) groups is 2. The molecule has 0 radical (unpaired) electrons. The molecule has 0 saturated carbocycles. The first kappa shape index (κ1) is 12.7. The van der Waals surface area contributed by atoms with E-state index in [0.717, 1.165) is 17.1 Å². The van der Waals surface area contributed by atoms with E-state index in [1.54, 1.807) is 11.8 Å². The van der Waals surface area contributed by atoms with E-state index < -0.39 is 0 Å². The first-order valence-electron chi connectivity index (χ1n) is 5.12. The molecular weight excluding hydrogens is 224 g/mol. The molecule has 15 heavy (non-hydrogen) atoms. The standard InChI is InChI=1S/C12H16OS2/c1-3-14-11(12(13)15-4-2)10-8-6-5-7-9-10/h5-9,11H,3-4H2,1-2H3/t11-/m1/s1. The van der Waals surface area contributed by atoms with Crippen molar-refractivity contribution in [2.75, 3.05) is 11.5 Å². The maximum absolute atomic E-state index is 11.9. The fraction of sp³-hybridized carbons (Fsp3) is 0.417. The molecule has 1 atom stereocenters. The van der Waals surface area contributed by atoms with Crippen LogP contribution in [0.1, 0.15) is 24.7 Å². The number of carbonyl (C=O) groups is 1. The van der Waals surface area contributed by atoms with Crippen molar-refractivity contribution in [1.82, 2.24) is 0 Å². The summed E-state index contributed by atoms with van der Waals surface area (Å²) in [6.07, 6.45) is 0. The highest BCUT2D eigenvalue weighted by Crippen LogP contribution is 2.33. The molecule has 0 aliphatic rings. The topological polar surface area (TPSA) is 17.1 Å². The van der Waals surface area contributed by atoms with Crippen LogP contribution in [0.4, 0.5) is 0 Å². The second kappa shape index (κ2) is 6.96. The van der Waals surface area contributed by atoms with Crippen molar-refractivity contribution >= 4 is 28.6 Å². The molecule has 0 aliphatic heterocycles. The summed E-state index contributed by atoms with van der Waals surface area (Å²) in [5, 5.41) is 0.275. The van der Waals surface area contributed by atoms with E-state index in [9.17, 15) is 4.79 Å². The van der Waals surface area contributed by atoms with Gasteiger partial charge < -0.3 is 0 Å². The van der Waals surface area contributed by atoms with Gasteiger partial charge in [-0.25, -0.2) is 0 Å². The average Bonchev–Trinajstić information content (AvgIpc) is 2.27. The smallest absolute Gasteiger partial charge is 0.206 e. The Morgan fingerprint density at radius 2 is 1.87 bits per heavy atom. The highest BCUT2D eigenvalue weighted by molar-refractivity contribution is 8.15. The first-order valence-corrected chi connectivity index (χ1v) is 7.16. The molecule has 1 aromatic carbocycles. The van der Waals surface area contributed by atoms with Crippen LogP contribution >= 0.6 is 23.5 Å². The van der Waals surface area contributed by atoms with Crippen molar-refractivity contribution in [3.8, 4) is 0 Å². The summed E-state index contributed by atoms with van der Waals surface area (Å²) >= 11 is 3.12. The largest absolute Gasteiger partial charge is 0.286 e. The van der Waals surface area contributed by atoms with Gasteiger partial charge >= 0.3 is 0 Å². The Hall–Kier alpha value is -0.410. The number of hydrogen-bond donors (Lipinski definition) is 0. The fourth-order valence-electron chi connectivity index (χ4n) is 1.31. The average molecular weight is 240 g/mol. The summed E-state index contributed by atoms with van der Waals surface area (Å²) in [6.45, 7) is 4.10. The zero-order valence-electron chi connectivity index (χ0n) is 9.10. The molecule has 0 aliphatic carbocycles. The van der Waals surface area contributed by atoms with E-state index in [0.29, 0.717) is 0 Å². The third-order valence-corrected chi connectivity index (χ3v) is 4.05. The number of rotatable bonds is 5. The highest BCUT2D eigenvalue weighted by atomic mass is 32.2. The lowest BCUT2D eigenvalue weighted by Crippen LogP contribution is -2.06. The van der Waals surface area contributed by atoms with Crippen LogP contribution in [-0.2, 0) is 4.79 Å². The van der Waals surface area contributed by atoms with E-state index >= 15 is 0 Å². The molecule has 1 rings (SSSR count). The lowest BCUT2D eigenvalue weighted by Gasteiger charge is -2.13. The summed E-state index contributed by atoms with van der Waals surface area (Å²) in [4.78, 5) is 11.9. The monoisotopic (exact) mass is 240 g/mol. The maximum atomic E-state index is 11.9. The number of hydrogen-bond acceptors (Lipinski definition) is 3. The second-order valence-electron chi connectivity index (χ2n) is 3.00. The molecule has 1 aromatic rings. The molecule has 1 nitrogen and oxygen atoms in total. The van der Waals surface area contributed by atoms with E-state index in [-0.39, 0.29) is 10.4 Å². The molecule has 0 unspecified atom stereocenters. The normalized spacial score (nSPS) is 12.4. The predicted molar refractivity (Wildman–Crippen MR) is 70.5 cm³/mol. The molecule has 0 N–H and O–H groups in total. The molecule has 0 bridgehead atoms. The van der Waals surface area contributed by atoms with Gasteiger partial charge in [0.25, 0.3) is 0 Å². The summed E-state index contributed by atoms with van der Waals surface area (Å²) in [6, 6.07) is 10.0. The fourth-order valence-corrected chi connectivity index (χ4v) is 3.11. The van der Waals surface area contributed by atoms with Crippen LogP contribution in [0.3, 0.4) is 0 Å². The van der Waals surface area contributed by atoms with Gasteiger partial charge in [-0.05, 0) is 17.1 Å². The van der Waals surface area contributed by atoms with Crippen molar-refractivity contribution in [1.29, 1.82) is 0 Å². The van der Waals surface area contributed by atoms with Gasteiger partial charge in [0, 0.05) is 0 Å². The van der Waals surface area contributed by atoms with Crippen molar-refractivity contribution < 1.29 is 4.79 Å². The highest BCUT2D eigenvalue weighted by Gasteiger charge is 2.19. The molecule has 0 amide bonds. The second-order valence-corrected chi connectivity index (χ2v) is 5.65. The first-order chi connectivity index (χ1) is 7.29. The molecule has 3 heteroatoms. The quantitative estimate of drug-likeness (QED) is 0.780. The van der Waals surface area contributed by atoms with Gasteiger partial charge in [-0.3, -0.25) is 4.79 Å². The zero-order chi connectivity index (χ0) is 11.1. The Kier molecular flexibility index (Phi) is 5.88. The van der Waals surface area contributed by atoms with Gasteiger partial charge in [-0.15, -0.1) is 11.8 Å². The lowest BCUT2D eigenvalue weighted by atomic mass is 10.2. The number of carbonyl (C=O) groups excluding carboxylic acids is 1.